The molecule has 1 heterocycles. The number of aryl methyl sites for hydroxylation is 1. The Kier molecular flexibility index (Phi) is 6.24. The van der Waals surface area contributed by atoms with Gasteiger partial charge in [0.25, 0.3) is 0 Å². The Bertz CT molecular complexity index is 808. The number of para-hydroxylation sites is 1. The molecule has 0 saturated carbocycles. The minimum absolute atomic E-state index is 0.107. The summed E-state index contributed by atoms with van der Waals surface area (Å²) in [5, 5.41) is 2.78. The first-order valence-corrected chi connectivity index (χ1v) is 8.34. The molecule has 1 aromatic heterocycles. The first-order chi connectivity index (χ1) is 12.6. The number of rotatable bonds is 6. The lowest BCUT2D eigenvalue weighted by Gasteiger charge is -2.21. The standard InChI is InChI=1S/C18H22F3N5O/c1-5-12-8-6-7-9-13(12)22-16(27)11-26(4)17-23-14(18(19,20)21)10-15(24-17)25(2)3/h6-10H,5,11H2,1-4H3,(H,22,27). The van der Waals surface area contributed by atoms with E-state index in [0.717, 1.165) is 18.1 Å². The molecular weight excluding hydrogens is 359 g/mol. The lowest BCUT2D eigenvalue weighted by Crippen LogP contribution is -2.32. The van der Waals surface area contributed by atoms with E-state index in [0.29, 0.717) is 5.69 Å². The maximum Gasteiger partial charge on any atom is 0.433 e. The van der Waals surface area contributed by atoms with Crippen LogP contribution in [0.5, 0.6) is 0 Å². The molecule has 9 heteroatoms. The second-order valence-electron chi connectivity index (χ2n) is 6.22. The number of nitrogens with zero attached hydrogens (tertiary/aromatic N) is 4. The van der Waals surface area contributed by atoms with Gasteiger partial charge in [-0.25, -0.2) is 4.98 Å². The van der Waals surface area contributed by atoms with Crippen LogP contribution in [-0.4, -0.2) is 43.6 Å². The van der Waals surface area contributed by atoms with Crippen LogP contribution >= 0.6 is 0 Å². The number of aromatic nitrogens is 2. The van der Waals surface area contributed by atoms with Crippen LogP contribution < -0.4 is 15.1 Å². The molecule has 0 aliphatic heterocycles. The summed E-state index contributed by atoms with van der Waals surface area (Å²) in [6.07, 6.45) is -3.86. The van der Waals surface area contributed by atoms with E-state index >= 15 is 0 Å². The summed E-state index contributed by atoms with van der Waals surface area (Å²) >= 11 is 0. The highest BCUT2D eigenvalue weighted by atomic mass is 19.4. The maximum atomic E-state index is 13.1. The van der Waals surface area contributed by atoms with Crippen molar-refractivity contribution in [2.45, 2.75) is 19.5 Å². The highest BCUT2D eigenvalue weighted by Crippen LogP contribution is 2.30. The molecule has 2 aromatic rings. The van der Waals surface area contributed by atoms with Gasteiger partial charge < -0.3 is 15.1 Å². The number of hydrogen-bond donors (Lipinski definition) is 1. The molecule has 0 radical (unpaired) electrons. The zero-order valence-corrected chi connectivity index (χ0v) is 15.6. The number of anilines is 3. The van der Waals surface area contributed by atoms with Crippen molar-refractivity contribution in [1.29, 1.82) is 0 Å². The lowest BCUT2D eigenvalue weighted by atomic mass is 10.1. The molecule has 1 amide bonds. The van der Waals surface area contributed by atoms with Gasteiger partial charge in [-0.15, -0.1) is 0 Å². The Balaban J connectivity index is 2.20. The van der Waals surface area contributed by atoms with E-state index in [1.54, 1.807) is 26.2 Å². The van der Waals surface area contributed by atoms with E-state index in [1.807, 2.05) is 19.1 Å². The molecular formula is C18H22F3N5O. The molecule has 1 N–H and O–H groups in total. The minimum Gasteiger partial charge on any atom is -0.363 e. The Morgan fingerprint density at radius 1 is 1.15 bits per heavy atom. The maximum absolute atomic E-state index is 13.1. The summed E-state index contributed by atoms with van der Waals surface area (Å²) in [7, 11) is 4.64. The van der Waals surface area contributed by atoms with Crippen molar-refractivity contribution in [3.8, 4) is 0 Å². The smallest absolute Gasteiger partial charge is 0.363 e. The van der Waals surface area contributed by atoms with Crippen LogP contribution in [0.2, 0.25) is 0 Å². The number of carbonyl (C=O) groups excluding carboxylic acids is 1. The van der Waals surface area contributed by atoms with Crippen LogP contribution in [0.1, 0.15) is 18.2 Å². The Morgan fingerprint density at radius 3 is 2.41 bits per heavy atom. The van der Waals surface area contributed by atoms with Crippen molar-refractivity contribution >= 4 is 23.4 Å². The van der Waals surface area contributed by atoms with Gasteiger partial charge >= 0.3 is 6.18 Å². The quantitative estimate of drug-likeness (QED) is 0.833. The molecule has 0 unspecified atom stereocenters. The van der Waals surface area contributed by atoms with Gasteiger partial charge in [-0.05, 0) is 18.1 Å². The summed E-state index contributed by atoms with van der Waals surface area (Å²) in [4.78, 5) is 22.7. The van der Waals surface area contributed by atoms with E-state index < -0.39 is 11.9 Å². The molecule has 6 nitrogen and oxygen atoms in total. The third-order valence-corrected chi connectivity index (χ3v) is 3.84. The zero-order chi connectivity index (χ0) is 20.2. The Labute approximate surface area is 156 Å². The van der Waals surface area contributed by atoms with E-state index in [9.17, 15) is 18.0 Å². The van der Waals surface area contributed by atoms with Gasteiger partial charge in [0.2, 0.25) is 11.9 Å². The highest BCUT2D eigenvalue weighted by molar-refractivity contribution is 5.94. The van der Waals surface area contributed by atoms with E-state index in [4.69, 9.17) is 0 Å². The largest absolute Gasteiger partial charge is 0.433 e. The number of likely N-dealkylation sites (N-methyl/N-ethyl adjacent to an activating group) is 1. The van der Waals surface area contributed by atoms with Gasteiger partial charge in [0, 0.05) is 32.9 Å². The number of nitrogens with one attached hydrogen (secondary N) is 1. The van der Waals surface area contributed by atoms with Crippen molar-refractivity contribution < 1.29 is 18.0 Å². The second kappa shape index (κ2) is 8.24. The average Bonchev–Trinajstić information content (AvgIpc) is 2.60. The SMILES string of the molecule is CCc1ccccc1NC(=O)CN(C)c1nc(N(C)C)cc(C(F)(F)F)n1. The molecule has 0 aliphatic rings. The van der Waals surface area contributed by atoms with Gasteiger partial charge in [0.1, 0.15) is 5.82 Å². The number of hydrogen-bond acceptors (Lipinski definition) is 5. The van der Waals surface area contributed by atoms with Gasteiger partial charge in [-0.1, -0.05) is 25.1 Å². The Hall–Kier alpha value is -2.84. The molecule has 0 saturated heterocycles. The van der Waals surface area contributed by atoms with Crippen LogP contribution in [0.15, 0.2) is 30.3 Å². The van der Waals surface area contributed by atoms with E-state index in [1.165, 1.54) is 16.8 Å². The molecule has 0 spiro atoms. The summed E-state index contributed by atoms with van der Waals surface area (Å²) in [6, 6.07) is 8.23. The molecule has 0 fully saturated rings. The number of carbonyl (C=O) groups is 1. The first kappa shape index (κ1) is 20.5. The number of halogens is 3. The number of amides is 1. The van der Waals surface area contributed by atoms with Crippen molar-refractivity contribution in [2.75, 3.05) is 42.8 Å². The van der Waals surface area contributed by atoms with Gasteiger partial charge in [-0.3, -0.25) is 4.79 Å². The topological polar surface area (TPSA) is 61.4 Å². The zero-order valence-electron chi connectivity index (χ0n) is 15.6. The average molecular weight is 381 g/mol. The lowest BCUT2D eigenvalue weighted by molar-refractivity contribution is -0.141. The van der Waals surface area contributed by atoms with E-state index in [2.05, 4.69) is 15.3 Å². The fourth-order valence-electron chi connectivity index (χ4n) is 2.39. The fraction of sp³-hybridized carbons (Fsp3) is 0.389. The summed E-state index contributed by atoms with van der Waals surface area (Å²) < 4.78 is 39.3. The normalized spacial score (nSPS) is 11.2. The second-order valence-corrected chi connectivity index (χ2v) is 6.22. The highest BCUT2D eigenvalue weighted by Gasteiger charge is 2.34. The summed E-state index contributed by atoms with van der Waals surface area (Å²) in [5.74, 6) is -0.436. The van der Waals surface area contributed by atoms with E-state index in [-0.39, 0.29) is 24.2 Å². The predicted octanol–water partition coefficient (Wildman–Crippen LogP) is 3.20. The van der Waals surface area contributed by atoms with Gasteiger partial charge in [0.15, 0.2) is 5.69 Å². The molecule has 0 aliphatic carbocycles. The van der Waals surface area contributed by atoms with Gasteiger partial charge in [0.05, 0.1) is 6.54 Å². The van der Waals surface area contributed by atoms with Crippen molar-refractivity contribution in [3.63, 3.8) is 0 Å². The predicted molar refractivity (Wildman–Crippen MR) is 99.1 cm³/mol. The van der Waals surface area contributed by atoms with Crippen LogP contribution in [0.25, 0.3) is 0 Å². The van der Waals surface area contributed by atoms with Crippen LogP contribution in [0.3, 0.4) is 0 Å². The Morgan fingerprint density at radius 2 is 1.81 bits per heavy atom. The molecule has 1 aromatic carbocycles. The van der Waals surface area contributed by atoms with Crippen LogP contribution in [0, 0.1) is 0 Å². The molecule has 27 heavy (non-hydrogen) atoms. The van der Waals surface area contributed by atoms with Gasteiger partial charge in [-0.2, -0.15) is 18.2 Å². The minimum atomic E-state index is -4.61. The molecule has 0 bridgehead atoms. The fourth-order valence-corrected chi connectivity index (χ4v) is 2.39. The molecule has 2 rings (SSSR count). The monoisotopic (exact) mass is 381 g/mol. The summed E-state index contributed by atoms with van der Waals surface area (Å²) in [5.41, 5.74) is 0.593. The van der Waals surface area contributed by atoms with Crippen molar-refractivity contribution in [3.05, 3.63) is 41.6 Å². The molecule has 0 atom stereocenters. The molecule has 146 valence electrons. The van der Waals surface area contributed by atoms with Crippen LogP contribution in [-0.2, 0) is 17.4 Å². The van der Waals surface area contributed by atoms with Crippen LogP contribution in [0.4, 0.5) is 30.6 Å². The summed E-state index contributed by atoms with van der Waals surface area (Å²) in [6.45, 7) is 1.78. The first-order valence-electron chi connectivity index (χ1n) is 8.34. The van der Waals surface area contributed by atoms with Crippen molar-refractivity contribution in [2.24, 2.45) is 0 Å². The number of alkyl halides is 3. The third-order valence-electron chi connectivity index (χ3n) is 3.84. The number of benzene rings is 1. The third kappa shape index (κ3) is 5.32. The van der Waals surface area contributed by atoms with Crippen molar-refractivity contribution in [1.82, 2.24) is 9.97 Å².